The second-order valence-corrected chi connectivity index (χ2v) is 5.10. The van der Waals surface area contributed by atoms with E-state index in [1.165, 1.54) is 0 Å². The molecule has 1 aliphatic rings. The zero-order valence-corrected chi connectivity index (χ0v) is 7.30. The van der Waals surface area contributed by atoms with Crippen LogP contribution in [-0.4, -0.2) is 44.6 Å². The van der Waals surface area contributed by atoms with Crippen molar-refractivity contribution in [2.24, 2.45) is 0 Å². The van der Waals surface area contributed by atoms with Crippen molar-refractivity contribution >= 4 is 9.84 Å². The van der Waals surface area contributed by atoms with Gasteiger partial charge in [0.1, 0.15) is 0 Å². The predicted octanol–water partition coefficient (Wildman–Crippen LogP) is -0.507. The summed E-state index contributed by atoms with van der Waals surface area (Å²) >= 11 is 0. The zero-order valence-electron chi connectivity index (χ0n) is 6.49. The van der Waals surface area contributed by atoms with E-state index in [1.54, 1.807) is 0 Å². The molecule has 1 rings (SSSR count). The lowest BCUT2D eigenvalue weighted by atomic mass is 10.2. The van der Waals surface area contributed by atoms with Crippen LogP contribution in [0, 0.1) is 0 Å². The molecule has 65 valence electrons. The molecule has 1 saturated heterocycles. The average molecular weight is 178 g/mol. The molecule has 1 heterocycles. The van der Waals surface area contributed by atoms with Gasteiger partial charge in [-0.3, -0.25) is 4.90 Å². The second kappa shape index (κ2) is 3.08. The van der Waals surface area contributed by atoms with Gasteiger partial charge in [-0.25, -0.2) is 13.5 Å². The van der Waals surface area contributed by atoms with Crippen molar-refractivity contribution in [2.75, 3.05) is 25.9 Å². The topological polar surface area (TPSA) is 57.3 Å². The van der Waals surface area contributed by atoms with Crippen molar-refractivity contribution in [2.45, 2.75) is 11.9 Å². The monoisotopic (exact) mass is 178 g/mol. The molecule has 1 radical (unpaired) electrons. The lowest BCUT2D eigenvalue weighted by Gasteiger charge is -2.31. The van der Waals surface area contributed by atoms with Crippen molar-refractivity contribution in [3.8, 4) is 0 Å². The summed E-state index contributed by atoms with van der Waals surface area (Å²) in [6.07, 6.45) is 2.07. The van der Waals surface area contributed by atoms with Crippen LogP contribution < -0.4 is 0 Å². The van der Waals surface area contributed by atoms with Crippen LogP contribution in [-0.2, 0) is 14.9 Å². The predicted molar refractivity (Wildman–Crippen MR) is 40.4 cm³/mol. The Morgan fingerprint density at radius 2 is 2.00 bits per heavy atom. The molecule has 0 aromatic heterocycles. The van der Waals surface area contributed by atoms with Gasteiger partial charge in [-0.05, 0) is 19.5 Å². The van der Waals surface area contributed by atoms with Gasteiger partial charge >= 0.3 is 0 Å². The third-order valence-corrected chi connectivity index (χ3v) is 2.94. The van der Waals surface area contributed by atoms with Crippen molar-refractivity contribution < 1.29 is 13.5 Å². The number of sulfone groups is 1. The Kier molecular flexibility index (Phi) is 2.51. The van der Waals surface area contributed by atoms with Crippen LogP contribution in [0.2, 0.25) is 0 Å². The Balaban J connectivity index is 2.36. The molecule has 0 bridgehead atoms. The largest absolute Gasteiger partial charge is 0.299 e. The molecule has 0 amide bonds. The fourth-order valence-electron chi connectivity index (χ4n) is 0.911. The summed E-state index contributed by atoms with van der Waals surface area (Å²) in [6, 6.07) is 0. The first kappa shape index (κ1) is 8.96. The van der Waals surface area contributed by atoms with Crippen LogP contribution >= 0.6 is 0 Å². The molecule has 1 unspecified atom stereocenters. The van der Waals surface area contributed by atoms with E-state index >= 15 is 0 Å². The van der Waals surface area contributed by atoms with E-state index in [-0.39, 0.29) is 6.54 Å². The number of rotatable bonds is 3. The fourth-order valence-corrected chi connectivity index (χ4v) is 1.39. The molecule has 0 saturated carbocycles. The highest BCUT2D eigenvalue weighted by atomic mass is 32.2. The molecule has 0 aromatic rings. The van der Waals surface area contributed by atoms with Gasteiger partial charge in [0.15, 0.2) is 9.84 Å². The van der Waals surface area contributed by atoms with Gasteiger partial charge in [-0.2, -0.15) is 0 Å². The van der Waals surface area contributed by atoms with Crippen LogP contribution in [0.4, 0.5) is 0 Å². The first-order valence-electron chi connectivity index (χ1n) is 3.57. The van der Waals surface area contributed by atoms with E-state index in [4.69, 9.17) is 0 Å². The number of hydrogen-bond donors (Lipinski definition) is 0. The quantitative estimate of drug-likeness (QED) is 0.585. The molecule has 5 heteroatoms. The highest BCUT2D eigenvalue weighted by Gasteiger charge is 2.25. The van der Waals surface area contributed by atoms with Crippen molar-refractivity contribution in [3.05, 3.63) is 0 Å². The number of likely N-dealkylation sites (tertiary alicyclic amines) is 1. The second-order valence-electron chi connectivity index (χ2n) is 2.91. The summed E-state index contributed by atoms with van der Waals surface area (Å²) in [5.74, 6) is 0. The molecular formula is C6H12NO3S. The minimum Gasteiger partial charge on any atom is -0.299 e. The zero-order chi connectivity index (χ0) is 8.48. The maximum absolute atomic E-state index is 10.9. The maximum Gasteiger partial charge on any atom is 0.206 e. The summed E-state index contributed by atoms with van der Waals surface area (Å²) in [5.41, 5.74) is -1.46. The third-order valence-electron chi connectivity index (χ3n) is 1.83. The van der Waals surface area contributed by atoms with Crippen molar-refractivity contribution in [1.82, 2.24) is 4.90 Å². The Bertz CT molecular complexity index is 220. The minimum atomic E-state index is -3.37. The highest BCUT2D eigenvalue weighted by Crippen LogP contribution is 2.08. The molecule has 0 aliphatic carbocycles. The van der Waals surface area contributed by atoms with E-state index in [9.17, 15) is 13.5 Å². The lowest BCUT2D eigenvalue weighted by Crippen LogP contribution is -2.43. The van der Waals surface area contributed by atoms with E-state index in [2.05, 4.69) is 0 Å². The Morgan fingerprint density at radius 1 is 1.45 bits per heavy atom. The van der Waals surface area contributed by atoms with E-state index in [0.717, 1.165) is 25.8 Å². The molecule has 0 N–H and O–H groups in total. The fraction of sp³-hybridized carbons (Fsp3) is 1.00. The van der Waals surface area contributed by atoms with Crippen LogP contribution in [0.5, 0.6) is 0 Å². The summed E-state index contributed by atoms with van der Waals surface area (Å²) < 4.78 is 21.3. The maximum atomic E-state index is 10.9. The molecule has 1 aliphatic heterocycles. The van der Waals surface area contributed by atoms with Gasteiger partial charge in [0.25, 0.3) is 0 Å². The number of nitrogens with zero attached hydrogens (tertiary/aromatic N) is 1. The number of hydrogen-bond acceptors (Lipinski definition) is 3. The molecular weight excluding hydrogens is 166 g/mol. The van der Waals surface area contributed by atoms with E-state index in [0.29, 0.717) is 0 Å². The SMILES string of the molecule is CS(=O)(=O)C([O])CN1CCC1. The van der Waals surface area contributed by atoms with Gasteiger partial charge in [0.2, 0.25) is 5.44 Å². The molecule has 0 aromatic carbocycles. The molecule has 1 fully saturated rings. The highest BCUT2D eigenvalue weighted by molar-refractivity contribution is 7.91. The van der Waals surface area contributed by atoms with Gasteiger partial charge in [-0.15, -0.1) is 0 Å². The van der Waals surface area contributed by atoms with E-state index < -0.39 is 15.3 Å². The third kappa shape index (κ3) is 2.43. The van der Waals surface area contributed by atoms with E-state index in [1.807, 2.05) is 4.90 Å². The first-order chi connectivity index (χ1) is 5.00. The molecule has 0 spiro atoms. The summed E-state index contributed by atoms with van der Waals surface area (Å²) in [7, 11) is -3.37. The van der Waals surface area contributed by atoms with Crippen LogP contribution in [0.3, 0.4) is 0 Å². The Labute approximate surface area is 66.7 Å². The first-order valence-corrected chi connectivity index (χ1v) is 5.52. The average Bonchev–Trinajstić information content (AvgIpc) is 1.75. The standard InChI is InChI=1S/C6H12NO3S/c1-11(9,10)6(8)5-7-3-2-4-7/h6H,2-5H2,1H3. The van der Waals surface area contributed by atoms with Crippen molar-refractivity contribution in [1.29, 1.82) is 0 Å². The molecule has 1 atom stereocenters. The van der Waals surface area contributed by atoms with Crippen LogP contribution in [0.1, 0.15) is 6.42 Å². The smallest absolute Gasteiger partial charge is 0.206 e. The van der Waals surface area contributed by atoms with Crippen LogP contribution in [0.25, 0.3) is 0 Å². The summed E-state index contributed by atoms with van der Waals surface area (Å²) in [5, 5.41) is 10.9. The van der Waals surface area contributed by atoms with Gasteiger partial charge in [0.05, 0.1) is 0 Å². The molecule has 11 heavy (non-hydrogen) atoms. The molecule has 4 nitrogen and oxygen atoms in total. The lowest BCUT2D eigenvalue weighted by molar-refractivity contribution is 0.0784. The van der Waals surface area contributed by atoms with Gasteiger partial charge < -0.3 is 0 Å². The van der Waals surface area contributed by atoms with Crippen molar-refractivity contribution in [3.63, 3.8) is 0 Å². The van der Waals surface area contributed by atoms with Gasteiger partial charge in [0, 0.05) is 12.8 Å². The van der Waals surface area contributed by atoms with Crippen LogP contribution in [0.15, 0.2) is 0 Å². The Morgan fingerprint density at radius 3 is 2.27 bits per heavy atom. The van der Waals surface area contributed by atoms with Gasteiger partial charge in [-0.1, -0.05) is 0 Å². The normalized spacial score (nSPS) is 22.7. The summed E-state index contributed by atoms with van der Waals surface area (Å²) in [4.78, 5) is 1.86. The summed E-state index contributed by atoms with van der Waals surface area (Å²) in [6.45, 7) is 1.89. The Hall–Kier alpha value is -0.130. The minimum absolute atomic E-state index is 0.152.